The van der Waals surface area contributed by atoms with Crippen molar-refractivity contribution in [2.75, 3.05) is 23.8 Å². The summed E-state index contributed by atoms with van der Waals surface area (Å²) in [5.74, 6) is -0.636. The van der Waals surface area contributed by atoms with Gasteiger partial charge in [-0.05, 0) is 29.9 Å². The Kier molecular flexibility index (Phi) is 9.27. The van der Waals surface area contributed by atoms with Crippen LogP contribution in [0.3, 0.4) is 0 Å². The molecule has 1 fully saturated rings. The minimum atomic E-state index is -0.946. The van der Waals surface area contributed by atoms with Crippen LogP contribution in [0, 0.1) is 11.6 Å². The summed E-state index contributed by atoms with van der Waals surface area (Å²) >= 11 is 2.83. The number of benzene rings is 1. The highest BCUT2D eigenvalue weighted by atomic mass is 32.2. The number of aliphatic hydroxyl groups is 1. The van der Waals surface area contributed by atoms with Crippen LogP contribution in [0.4, 0.5) is 13.6 Å². The molecule has 1 heterocycles. The van der Waals surface area contributed by atoms with Crippen LogP contribution < -0.4 is 0 Å². The molecular weight excluding hydrogens is 408 g/mol. The number of amides is 1. The van der Waals surface area contributed by atoms with Crippen LogP contribution in [0.15, 0.2) is 30.4 Å². The van der Waals surface area contributed by atoms with Crippen LogP contribution in [0.5, 0.6) is 0 Å². The Balaban J connectivity index is 1.79. The molecule has 0 radical (unpaired) electrons. The number of hydrogen-bond donors (Lipinski definition) is 2. The van der Waals surface area contributed by atoms with Crippen molar-refractivity contribution in [2.45, 2.75) is 31.4 Å². The summed E-state index contributed by atoms with van der Waals surface area (Å²) in [4.78, 5) is 24.2. The van der Waals surface area contributed by atoms with Crippen molar-refractivity contribution >= 4 is 34.7 Å². The highest BCUT2D eigenvalue weighted by molar-refractivity contribution is 8.13. The lowest BCUT2D eigenvalue weighted by atomic mass is 10.1. The summed E-state index contributed by atoms with van der Waals surface area (Å²) < 4.78 is 26.2. The van der Waals surface area contributed by atoms with Crippen molar-refractivity contribution in [3.8, 4) is 0 Å². The number of halogens is 2. The van der Waals surface area contributed by atoms with Gasteiger partial charge in [0.2, 0.25) is 0 Å². The van der Waals surface area contributed by atoms with Crippen LogP contribution in [0.2, 0.25) is 0 Å². The summed E-state index contributed by atoms with van der Waals surface area (Å²) in [6.07, 6.45) is 3.39. The van der Waals surface area contributed by atoms with E-state index in [-0.39, 0.29) is 24.1 Å². The second-order valence-corrected chi connectivity index (χ2v) is 8.55. The van der Waals surface area contributed by atoms with Gasteiger partial charge < -0.3 is 15.1 Å². The zero-order valence-electron chi connectivity index (χ0n) is 15.2. The van der Waals surface area contributed by atoms with Gasteiger partial charge in [-0.3, -0.25) is 9.59 Å². The molecule has 1 aromatic rings. The zero-order valence-corrected chi connectivity index (χ0v) is 16.9. The highest BCUT2D eigenvalue weighted by Crippen LogP contribution is 2.25. The van der Waals surface area contributed by atoms with Crippen molar-refractivity contribution < 1.29 is 28.6 Å². The topological polar surface area (TPSA) is 77.8 Å². The van der Waals surface area contributed by atoms with Crippen LogP contribution in [0.25, 0.3) is 0 Å². The minimum absolute atomic E-state index is 0.0177. The maximum Gasteiger partial charge on any atom is 0.303 e. The molecule has 0 spiro atoms. The molecule has 154 valence electrons. The molecule has 0 aliphatic carbocycles. The molecule has 2 N–H and O–H groups in total. The molecule has 2 rings (SSSR count). The van der Waals surface area contributed by atoms with Crippen LogP contribution in [-0.4, -0.2) is 62.3 Å². The summed E-state index contributed by atoms with van der Waals surface area (Å²) in [6.45, 7) is 0.553. The summed E-state index contributed by atoms with van der Waals surface area (Å²) in [5, 5.41) is 18.7. The Bertz CT molecular complexity index is 717. The number of nitrogens with zero attached hydrogens (tertiary/aromatic N) is 1. The van der Waals surface area contributed by atoms with E-state index in [1.807, 2.05) is 0 Å². The lowest BCUT2D eigenvalue weighted by Gasteiger charge is -2.21. The Morgan fingerprint density at radius 1 is 1.36 bits per heavy atom. The van der Waals surface area contributed by atoms with E-state index in [0.29, 0.717) is 30.0 Å². The first-order chi connectivity index (χ1) is 13.4. The molecule has 1 aliphatic heterocycles. The largest absolute Gasteiger partial charge is 0.481 e. The molecule has 9 heteroatoms. The predicted octanol–water partition coefficient (Wildman–Crippen LogP) is 3.56. The van der Waals surface area contributed by atoms with E-state index in [0.717, 1.165) is 17.9 Å². The van der Waals surface area contributed by atoms with Gasteiger partial charge >= 0.3 is 5.97 Å². The minimum Gasteiger partial charge on any atom is -0.481 e. The number of carboxylic acid groups (broad SMARTS) is 1. The lowest BCUT2D eigenvalue weighted by molar-refractivity contribution is -0.137. The maximum absolute atomic E-state index is 13.2. The first-order valence-corrected chi connectivity index (χ1v) is 11.0. The average Bonchev–Trinajstić information content (AvgIpc) is 2.99. The van der Waals surface area contributed by atoms with Crippen LogP contribution in [0.1, 0.15) is 18.4 Å². The van der Waals surface area contributed by atoms with E-state index >= 15 is 0 Å². The number of aliphatic carboxylic acids is 1. The second-order valence-electron chi connectivity index (χ2n) is 6.35. The number of carbonyl (C=O) groups is 2. The SMILES string of the molecule is O=C(O)CCCSCCN1C(=O)SC[C@@H]1/C=C/[C@@H](O)Cc1ccc(F)c(F)c1. The van der Waals surface area contributed by atoms with Crippen molar-refractivity contribution in [2.24, 2.45) is 0 Å². The molecular formula is C19H23F2NO4S2. The molecule has 1 aromatic carbocycles. The Morgan fingerprint density at radius 2 is 2.14 bits per heavy atom. The van der Waals surface area contributed by atoms with Crippen molar-refractivity contribution in [1.82, 2.24) is 4.90 Å². The number of carboxylic acids is 1. The molecule has 1 aliphatic rings. The fourth-order valence-corrected chi connectivity index (χ4v) is 4.58. The van der Waals surface area contributed by atoms with Crippen molar-refractivity contribution in [3.63, 3.8) is 0 Å². The molecule has 5 nitrogen and oxygen atoms in total. The third kappa shape index (κ3) is 7.44. The predicted molar refractivity (Wildman–Crippen MR) is 108 cm³/mol. The van der Waals surface area contributed by atoms with Crippen molar-refractivity contribution in [1.29, 1.82) is 0 Å². The third-order valence-corrected chi connectivity index (χ3v) is 6.19. The standard InChI is InChI=1S/C19H23F2NO4S2/c20-16-6-3-13(11-17(16)21)10-15(23)5-4-14-12-28-19(26)22(14)7-9-27-8-1-2-18(24)25/h3-6,11,14-15,23H,1-2,7-10,12H2,(H,24,25)/b5-4+/t14-,15+/m0/s1. The molecule has 2 atom stereocenters. The average molecular weight is 432 g/mol. The molecule has 28 heavy (non-hydrogen) atoms. The van der Waals surface area contributed by atoms with Gasteiger partial charge in [0, 0.05) is 30.9 Å². The molecule has 0 saturated carbocycles. The van der Waals surface area contributed by atoms with Gasteiger partial charge in [-0.25, -0.2) is 8.78 Å². The van der Waals surface area contributed by atoms with E-state index in [1.165, 1.54) is 17.8 Å². The van der Waals surface area contributed by atoms with Gasteiger partial charge in [0.1, 0.15) is 0 Å². The smallest absolute Gasteiger partial charge is 0.303 e. The normalized spacial score (nSPS) is 18.2. The monoisotopic (exact) mass is 431 g/mol. The Morgan fingerprint density at radius 3 is 2.86 bits per heavy atom. The van der Waals surface area contributed by atoms with E-state index < -0.39 is 23.7 Å². The van der Waals surface area contributed by atoms with E-state index in [9.17, 15) is 23.5 Å². The van der Waals surface area contributed by atoms with Crippen LogP contribution >= 0.6 is 23.5 Å². The summed E-state index contributed by atoms with van der Waals surface area (Å²) in [5.41, 5.74) is 0.488. The second kappa shape index (κ2) is 11.4. The molecule has 0 aromatic heterocycles. The quantitative estimate of drug-likeness (QED) is 0.412. The lowest BCUT2D eigenvalue weighted by Crippen LogP contribution is -2.34. The zero-order chi connectivity index (χ0) is 20.5. The summed E-state index contributed by atoms with van der Waals surface area (Å²) in [6, 6.07) is 3.40. The maximum atomic E-state index is 13.2. The number of hydrogen-bond acceptors (Lipinski definition) is 5. The van der Waals surface area contributed by atoms with E-state index in [4.69, 9.17) is 5.11 Å². The Labute approximate surface area is 171 Å². The molecule has 1 saturated heterocycles. The number of carbonyl (C=O) groups excluding carboxylic acids is 1. The van der Waals surface area contributed by atoms with Gasteiger partial charge in [0.15, 0.2) is 11.6 Å². The number of thioether (sulfide) groups is 2. The fraction of sp³-hybridized carbons (Fsp3) is 0.474. The molecule has 1 amide bonds. The first-order valence-electron chi connectivity index (χ1n) is 8.90. The number of rotatable bonds is 11. The van der Waals surface area contributed by atoms with Crippen molar-refractivity contribution in [3.05, 3.63) is 47.5 Å². The van der Waals surface area contributed by atoms with Gasteiger partial charge in [-0.1, -0.05) is 30.0 Å². The van der Waals surface area contributed by atoms with Gasteiger partial charge in [0.25, 0.3) is 5.24 Å². The van der Waals surface area contributed by atoms with Gasteiger partial charge in [0.05, 0.1) is 12.1 Å². The molecule has 0 bridgehead atoms. The van der Waals surface area contributed by atoms with Gasteiger partial charge in [-0.2, -0.15) is 11.8 Å². The van der Waals surface area contributed by atoms with Gasteiger partial charge in [-0.15, -0.1) is 0 Å². The first kappa shape index (κ1) is 22.7. The fourth-order valence-electron chi connectivity index (χ4n) is 2.70. The molecule has 0 unspecified atom stereocenters. The number of aliphatic hydroxyl groups excluding tert-OH is 1. The van der Waals surface area contributed by atoms with Crippen LogP contribution in [-0.2, 0) is 11.2 Å². The highest BCUT2D eigenvalue weighted by Gasteiger charge is 2.29. The van der Waals surface area contributed by atoms with E-state index in [2.05, 4.69) is 0 Å². The third-order valence-electron chi connectivity index (χ3n) is 4.15. The summed E-state index contributed by atoms with van der Waals surface area (Å²) in [7, 11) is 0. The van der Waals surface area contributed by atoms with E-state index in [1.54, 1.807) is 28.8 Å². The Hall–Kier alpha value is -1.58.